The van der Waals surface area contributed by atoms with Gasteiger partial charge in [-0.2, -0.15) is 0 Å². The maximum atomic E-state index is 11.7. The fourth-order valence-corrected chi connectivity index (χ4v) is 3.03. The van der Waals surface area contributed by atoms with Crippen LogP contribution in [0, 0.1) is 0 Å². The van der Waals surface area contributed by atoms with Crippen LogP contribution in [-0.4, -0.2) is 47.4 Å². The largest absolute Gasteiger partial charge is 0.507 e. The van der Waals surface area contributed by atoms with Crippen LogP contribution in [0.3, 0.4) is 0 Å². The van der Waals surface area contributed by atoms with Crippen LogP contribution in [0.2, 0.25) is 0 Å². The second kappa shape index (κ2) is 7.89. The minimum Gasteiger partial charge on any atom is -0.507 e. The Morgan fingerprint density at radius 2 is 1.61 bits per heavy atom. The fraction of sp³-hybridized carbons (Fsp3) is 0.250. The molecule has 0 saturated carbocycles. The molecule has 0 aliphatic rings. The van der Waals surface area contributed by atoms with Crippen molar-refractivity contribution in [2.45, 2.75) is 12.2 Å². The fourth-order valence-electron chi connectivity index (χ4n) is 3.03. The Hall–Kier alpha value is -3.07. The number of aliphatic hydroxyl groups excluding tert-OH is 3. The highest BCUT2D eigenvalue weighted by molar-refractivity contribution is 5.99. The van der Waals surface area contributed by atoms with Gasteiger partial charge in [-0.05, 0) is 35.9 Å². The molecule has 4 N–H and O–H groups in total. The van der Waals surface area contributed by atoms with Gasteiger partial charge < -0.3 is 34.3 Å². The van der Waals surface area contributed by atoms with Crippen molar-refractivity contribution in [2.75, 3.05) is 20.8 Å². The summed E-state index contributed by atoms with van der Waals surface area (Å²) in [7, 11) is 2.77. The lowest BCUT2D eigenvalue weighted by Gasteiger charge is -2.21. The standard InChI is InChI=1S/C20H20O8/c1-26-14-7-11(19(25)13(23)9-21)8-15(27-2)18(14)17-12(22)5-3-10-4-6-16(24)28-20(10)17/h3-8,13,19,21-23,25H,9H2,1-2H3. The van der Waals surface area contributed by atoms with Crippen LogP contribution in [0.1, 0.15) is 11.7 Å². The van der Waals surface area contributed by atoms with Crippen LogP contribution < -0.4 is 15.1 Å². The van der Waals surface area contributed by atoms with Gasteiger partial charge in [0.05, 0.1) is 32.0 Å². The zero-order valence-electron chi connectivity index (χ0n) is 15.2. The third kappa shape index (κ3) is 3.40. The Morgan fingerprint density at radius 3 is 2.18 bits per heavy atom. The smallest absolute Gasteiger partial charge is 0.336 e. The lowest BCUT2D eigenvalue weighted by atomic mass is 9.95. The molecule has 3 rings (SSSR count). The van der Waals surface area contributed by atoms with E-state index in [1.807, 2.05) is 0 Å². The van der Waals surface area contributed by atoms with E-state index in [1.165, 1.54) is 38.5 Å². The van der Waals surface area contributed by atoms with E-state index in [-0.39, 0.29) is 34.0 Å². The van der Waals surface area contributed by atoms with Crippen molar-refractivity contribution in [1.82, 2.24) is 0 Å². The predicted octanol–water partition coefficient (Wildman–Crippen LogP) is 1.57. The number of phenolic OH excluding ortho intramolecular Hbond substituents is 1. The van der Waals surface area contributed by atoms with Crippen LogP contribution in [0.15, 0.2) is 45.6 Å². The maximum Gasteiger partial charge on any atom is 0.336 e. The third-order valence-electron chi connectivity index (χ3n) is 4.44. The average molecular weight is 388 g/mol. The first-order valence-electron chi connectivity index (χ1n) is 8.40. The summed E-state index contributed by atoms with van der Waals surface area (Å²) in [5, 5.41) is 40.1. The molecule has 28 heavy (non-hydrogen) atoms. The predicted molar refractivity (Wildman–Crippen MR) is 101 cm³/mol. The first kappa shape index (κ1) is 19.7. The van der Waals surface area contributed by atoms with Crippen LogP contribution >= 0.6 is 0 Å². The molecule has 148 valence electrons. The number of hydrogen-bond acceptors (Lipinski definition) is 8. The molecule has 8 heteroatoms. The Bertz CT molecular complexity index is 1030. The van der Waals surface area contributed by atoms with Gasteiger partial charge >= 0.3 is 5.63 Å². The van der Waals surface area contributed by atoms with Gasteiger partial charge in [0.2, 0.25) is 0 Å². The number of hydrogen-bond donors (Lipinski definition) is 4. The molecule has 2 aromatic carbocycles. The molecule has 3 aromatic rings. The Balaban J connectivity index is 2.34. The first-order chi connectivity index (χ1) is 13.4. The van der Waals surface area contributed by atoms with Crippen LogP contribution in [0.25, 0.3) is 22.1 Å². The molecule has 1 aromatic heterocycles. The number of ether oxygens (including phenoxy) is 2. The van der Waals surface area contributed by atoms with Crippen LogP contribution in [0.4, 0.5) is 0 Å². The lowest BCUT2D eigenvalue weighted by Crippen LogP contribution is -2.22. The average Bonchev–Trinajstić information content (AvgIpc) is 2.71. The normalized spacial score (nSPS) is 13.3. The van der Waals surface area contributed by atoms with Gasteiger partial charge in [0.25, 0.3) is 0 Å². The van der Waals surface area contributed by atoms with E-state index in [4.69, 9.17) is 19.0 Å². The Morgan fingerprint density at radius 1 is 1.00 bits per heavy atom. The van der Waals surface area contributed by atoms with Gasteiger partial charge in [-0.25, -0.2) is 4.79 Å². The zero-order chi connectivity index (χ0) is 20.4. The van der Waals surface area contributed by atoms with Gasteiger partial charge in [0.1, 0.15) is 35.0 Å². The van der Waals surface area contributed by atoms with E-state index < -0.39 is 24.4 Å². The summed E-state index contributed by atoms with van der Waals surface area (Å²) in [5.41, 5.74) is 0.285. The summed E-state index contributed by atoms with van der Waals surface area (Å²) in [6.45, 7) is -0.636. The van der Waals surface area contributed by atoms with Gasteiger partial charge in [-0.3, -0.25) is 0 Å². The number of fused-ring (bicyclic) bond motifs is 1. The Kier molecular flexibility index (Phi) is 5.55. The van der Waals surface area contributed by atoms with Crippen molar-refractivity contribution in [2.24, 2.45) is 0 Å². The van der Waals surface area contributed by atoms with Crippen molar-refractivity contribution in [3.8, 4) is 28.4 Å². The van der Waals surface area contributed by atoms with E-state index in [0.717, 1.165) is 0 Å². The van der Waals surface area contributed by atoms with Gasteiger partial charge in [-0.15, -0.1) is 0 Å². The quantitative estimate of drug-likeness (QED) is 0.468. The van der Waals surface area contributed by atoms with Crippen LogP contribution in [-0.2, 0) is 0 Å². The van der Waals surface area contributed by atoms with E-state index in [0.29, 0.717) is 10.9 Å². The molecule has 0 spiro atoms. The minimum absolute atomic E-state index is 0.146. The van der Waals surface area contributed by atoms with Crippen molar-refractivity contribution in [1.29, 1.82) is 0 Å². The van der Waals surface area contributed by atoms with Crippen molar-refractivity contribution >= 4 is 11.0 Å². The topological polar surface area (TPSA) is 130 Å². The van der Waals surface area contributed by atoms with Crippen molar-refractivity contribution in [3.63, 3.8) is 0 Å². The van der Waals surface area contributed by atoms with E-state index in [2.05, 4.69) is 0 Å². The number of rotatable bonds is 6. The van der Waals surface area contributed by atoms with Crippen molar-refractivity contribution in [3.05, 3.63) is 52.4 Å². The molecule has 0 bridgehead atoms. The number of phenols is 1. The van der Waals surface area contributed by atoms with Gasteiger partial charge in [0.15, 0.2) is 0 Å². The summed E-state index contributed by atoms with van der Waals surface area (Å²) in [4.78, 5) is 11.7. The van der Waals surface area contributed by atoms with Gasteiger partial charge in [0, 0.05) is 11.5 Å². The van der Waals surface area contributed by atoms with E-state index in [1.54, 1.807) is 12.1 Å². The second-order valence-corrected chi connectivity index (χ2v) is 6.13. The number of aromatic hydroxyl groups is 1. The molecule has 0 radical (unpaired) electrons. The number of benzene rings is 2. The molecular formula is C20H20O8. The SMILES string of the molecule is COc1cc(C(O)C(O)CO)cc(OC)c1-c1c(O)ccc2ccc(=O)oc12. The molecule has 0 saturated heterocycles. The molecule has 1 heterocycles. The highest BCUT2D eigenvalue weighted by atomic mass is 16.5. The summed E-state index contributed by atoms with van der Waals surface area (Å²) in [6.07, 6.45) is -2.79. The van der Waals surface area contributed by atoms with Crippen molar-refractivity contribution < 1.29 is 34.3 Å². The van der Waals surface area contributed by atoms with Gasteiger partial charge in [-0.1, -0.05) is 0 Å². The highest BCUT2D eigenvalue weighted by Crippen LogP contribution is 2.47. The summed E-state index contributed by atoms with van der Waals surface area (Å²) in [5.74, 6) is 0.239. The molecule has 0 aliphatic carbocycles. The minimum atomic E-state index is -1.40. The Labute approximate surface area is 159 Å². The van der Waals surface area contributed by atoms with E-state index in [9.17, 15) is 20.1 Å². The summed E-state index contributed by atoms with van der Waals surface area (Å²) in [6, 6.07) is 8.79. The third-order valence-corrected chi connectivity index (χ3v) is 4.44. The summed E-state index contributed by atoms with van der Waals surface area (Å²) < 4.78 is 16.1. The second-order valence-electron chi connectivity index (χ2n) is 6.13. The highest BCUT2D eigenvalue weighted by Gasteiger charge is 2.25. The molecule has 2 unspecified atom stereocenters. The zero-order valence-corrected chi connectivity index (χ0v) is 15.2. The van der Waals surface area contributed by atoms with E-state index >= 15 is 0 Å². The first-order valence-corrected chi connectivity index (χ1v) is 8.40. The molecule has 8 nitrogen and oxygen atoms in total. The lowest BCUT2D eigenvalue weighted by molar-refractivity contribution is -0.0154. The molecule has 0 amide bonds. The summed E-state index contributed by atoms with van der Waals surface area (Å²) >= 11 is 0. The monoisotopic (exact) mass is 388 g/mol. The molecule has 0 fully saturated rings. The molecular weight excluding hydrogens is 368 g/mol. The molecule has 0 aliphatic heterocycles. The number of aliphatic hydroxyl groups is 3. The molecule has 2 atom stereocenters. The van der Waals surface area contributed by atoms with Crippen LogP contribution in [0.5, 0.6) is 17.2 Å². The number of methoxy groups -OCH3 is 2. The maximum absolute atomic E-state index is 11.7.